The molecule has 1 fully saturated rings. The van der Waals surface area contributed by atoms with Crippen LogP contribution in [0, 0.1) is 5.82 Å². The van der Waals surface area contributed by atoms with Gasteiger partial charge in [-0.25, -0.2) is 14.2 Å². The molecule has 2 aromatic heterocycles. The van der Waals surface area contributed by atoms with Crippen molar-refractivity contribution in [2.75, 3.05) is 45.8 Å². The number of H-pyrrole nitrogens is 1. The number of aromatic amines is 1. The second-order valence-corrected chi connectivity index (χ2v) is 10.3. The van der Waals surface area contributed by atoms with Crippen molar-refractivity contribution in [1.29, 1.82) is 0 Å². The lowest BCUT2D eigenvalue weighted by Gasteiger charge is -2.50. The van der Waals surface area contributed by atoms with Crippen LogP contribution in [0.1, 0.15) is 45.9 Å². The van der Waals surface area contributed by atoms with Gasteiger partial charge in [-0.1, -0.05) is 0 Å². The lowest BCUT2D eigenvalue weighted by atomic mass is 9.96. The van der Waals surface area contributed by atoms with E-state index in [-0.39, 0.29) is 36.0 Å². The molecule has 2 aliphatic rings. The number of rotatable bonds is 6. The maximum Gasteiger partial charge on any atom is 0.321 e. The van der Waals surface area contributed by atoms with Crippen LogP contribution in [0.15, 0.2) is 6.20 Å². The SMILES string of the molecule is COCCOc1ncc(F)c(Nc2n[nH]c3c2CN(C(=O)N2CC(C)(C)N(C)C[C@@H]2C)C3(C)C)n1. The number of halogens is 1. The fourth-order valence-electron chi connectivity index (χ4n) is 4.61. The number of methoxy groups -OCH3 is 1. The van der Waals surface area contributed by atoms with E-state index >= 15 is 0 Å². The second kappa shape index (κ2) is 9.23. The first kappa shape index (κ1) is 25.1. The molecule has 0 aliphatic carbocycles. The largest absolute Gasteiger partial charge is 0.461 e. The molecule has 4 rings (SSSR count). The van der Waals surface area contributed by atoms with Gasteiger partial charge in [-0.05, 0) is 41.7 Å². The van der Waals surface area contributed by atoms with E-state index in [1.165, 1.54) is 0 Å². The molecule has 2 N–H and O–H groups in total. The zero-order valence-electron chi connectivity index (χ0n) is 21.5. The Balaban J connectivity index is 1.55. The monoisotopic (exact) mass is 490 g/mol. The minimum atomic E-state index is -0.639. The van der Waals surface area contributed by atoms with E-state index in [9.17, 15) is 9.18 Å². The van der Waals surface area contributed by atoms with Gasteiger partial charge in [-0.15, -0.1) is 0 Å². The number of urea groups is 1. The molecule has 2 aliphatic heterocycles. The van der Waals surface area contributed by atoms with Crippen molar-refractivity contribution in [2.24, 2.45) is 0 Å². The molecule has 192 valence electrons. The molecule has 0 bridgehead atoms. The molecule has 0 saturated carbocycles. The number of ether oxygens (including phenoxy) is 2. The Labute approximate surface area is 205 Å². The van der Waals surface area contributed by atoms with Gasteiger partial charge in [0.05, 0.1) is 30.6 Å². The first-order chi connectivity index (χ1) is 16.5. The van der Waals surface area contributed by atoms with Gasteiger partial charge >= 0.3 is 12.0 Å². The molecule has 0 radical (unpaired) electrons. The third kappa shape index (κ3) is 4.64. The summed E-state index contributed by atoms with van der Waals surface area (Å²) in [5, 5.41) is 10.3. The lowest BCUT2D eigenvalue weighted by molar-refractivity contribution is 0.00695. The smallest absolute Gasteiger partial charge is 0.321 e. The number of hydrogen-bond donors (Lipinski definition) is 2. The summed E-state index contributed by atoms with van der Waals surface area (Å²) in [5.74, 6) is -0.283. The van der Waals surface area contributed by atoms with Crippen LogP contribution in [0.25, 0.3) is 0 Å². The van der Waals surface area contributed by atoms with Gasteiger partial charge in [-0.3, -0.25) is 10.00 Å². The predicted octanol–water partition coefficient (Wildman–Crippen LogP) is 2.69. The van der Waals surface area contributed by atoms with Crippen LogP contribution in [0.3, 0.4) is 0 Å². The van der Waals surface area contributed by atoms with Crippen LogP contribution in [0.5, 0.6) is 6.01 Å². The third-order valence-electron chi connectivity index (χ3n) is 7.08. The van der Waals surface area contributed by atoms with Gasteiger partial charge in [-0.2, -0.15) is 10.1 Å². The van der Waals surface area contributed by atoms with Crippen LogP contribution in [-0.4, -0.2) is 92.9 Å². The van der Waals surface area contributed by atoms with Gasteiger partial charge < -0.3 is 24.6 Å². The van der Waals surface area contributed by atoms with Crippen LogP contribution < -0.4 is 10.1 Å². The quantitative estimate of drug-likeness (QED) is 0.595. The highest BCUT2D eigenvalue weighted by Gasteiger charge is 2.47. The first-order valence-electron chi connectivity index (χ1n) is 11.7. The van der Waals surface area contributed by atoms with Crippen molar-refractivity contribution in [1.82, 2.24) is 34.9 Å². The van der Waals surface area contributed by atoms with Gasteiger partial charge in [0.2, 0.25) is 0 Å². The molecular weight excluding hydrogens is 455 g/mol. The summed E-state index contributed by atoms with van der Waals surface area (Å²) < 4.78 is 24.8. The van der Waals surface area contributed by atoms with Crippen LogP contribution in [0.4, 0.5) is 20.8 Å². The summed E-state index contributed by atoms with van der Waals surface area (Å²) in [4.78, 5) is 27.8. The number of aromatic nitrogens is 4. The molecule has 0 unspecified atom stereocenters. The van der Waals surface area contributed by atoms with E-state index in [4.69, 9.17) is 9.47 Å². The second-order valence-electron chi connectivity index (χ2n) is 10.3. The number of nitrogens with one attached hydrogen (secondary N) is 2. The van der Waals surface area contributed by atoms with E-state index in [0.717, 1.165) is 24.0 Å². The normalized spacial score (nSPS) is 21.2. The summed E-state index contributed by atoms with van der Waals surface area (Å²) in [7, 11) is 3.65. The van der Waals surface area contributed by atoms with Crippen molar-refractivity contribution >= 4 is 17.7 Å². The molecule has 2 aromatic rings. The number of hydrogen-bond acceptors (Lipinski definition) is 8. The summed E-state index contributed by atoms with van der Waals surface area (Å²) >= 11 is 0. The Morgan fingerprint density at radius 2 is 2.03 bits per heavy atom. The molecular formula is C23H35FN8O3. The number of anilines is 2. The summed E-state index contributed by atoms with van der Waals surface area (Å²) in [6, 6.07) is 0.0841. The van der Waals surface area contributed by atoms with E-state index in [0.29, 0.717) is 25.5 Å². The summed E-state index contributed by atoms with van der Waals surface area (Å²) in [6.45, 7) is 12.7. The van der Waals surface area contributed by atoms with Gasteiger partial charge in [0.25, 0.3) is 0 Å². The van der Waals surface area contributed by atoms with Gasteiger partial charge in [0.15, 0.2) is 17.5 Å². The maximum atomic E-state index is 14.5. The standard InChI is InChI=1S/C23H35FN8O3/c1-14-11-30(6)22(2,3)13-31(14)21(33)32-12-15-17(23(32,4)5)28-29-18(15)26-19-16(24)10-25-20(27-19)35-9-8-34-7/h10,14H,8-9,11-13H2,1-7H3,(H2,25,26,27,28,29)/t14-/m0/s1. The topological polar surface area (TPSA) is 112 Å². The highest BCUT2D eigenvalue weighted by atomic mass is 19.1. The highest BCUT2D eigenvalue weighted by Crippen LogP contribution is 2.42. The van der Waals surface area contributed by atoms with E-state index in [1.807, 2.05) is 23.6 Å². The minimum absolute atomic E-state index is 0.0266. The van der Waals surface area contributed by atoms with E-state index < -0.39 is 11.4 Å². The number of carbonyl (C=O) groups is 1. The number of piperazine rings is 1. The van der Waals surface area contributed by atoms with Crippen molar-refractivity contribution in [3.63, 3.8) is 0 Å². The summed E-state index contributed by atoms with van der Waals surface area (Å²) in [6.07, 6.45) is 1.04. The number of likely N-dealkylation sites (N-methyl/N-ethyl adjacent to an activating group) is 1. The average molecular weight is 491 g/mol. The van der Waals surface area contributed by atoms with Gasteiger partial charge in [0.1, 0.15) is 6.61 Å². The molecule has 1 saturated heterocycles. The van der Waals surface area contributed by atoms with Crippen molar-refractivity contribution in [2.45, 2.75) is 58.3 Å². The fraction of sp³-hybridized carbons (Fsp3) is 0.652. The molecule has 1 atom stereocenters. The Morgan fingerprint density at radius 1 is 1.29 bits per heavy atom. The lowest BCUT2D eigenvalue weighted by Crippen LogP contribution is -2.65. The summed E-state index contributed by atoms with van der Waals surface area (Å²) in [5.41, 5.74) is 0.859. The Kier molecular flexibility index (Phi) is 6.62. The van der Waals surface area contributed by atoms with Crippen LogP contribution in [0.2, 0.25) is 0 Å². The Morgan fingerprint density at radius 3 is 2.74 bits per heavy atom. The molecule has 2 amide bonds. The van der Waals surface area contributed by atoms with Crippen LogP contribution in [-0.2, 0) is 16.8 Å². The van der Waals surface area contributed by atoms with Gasteiger partial charge in [0, 0.05) is 37.3 Å². The predicted molar refractivity (Wildman–Crippen MR) is 128 cm³/mol. The molecule has 4 heterocycles. The molecule has 11 nitrogen and oxygen atoms in total. The fourth-order valence-corrected chi connectivity index (χ4v) is 4.61. The van der Waals surface area contributed by atoms with Crippen molar-refractivity contribution in [3.05, 3.63) is 23.3 Å². The molecule has 12 heteroatoms. The average Bonchev–Trinajstić information content (AvgIpc) is 3.31. The Hall–Kier alpha value is -2.99. The first-order valence-corrected chi connectivity index (χ1v) is 11.7. The third-order valence-corrected chi connectivity index (χ3v) is 7.08. The molecule has 0 aromatic carbocycles. The number of carbonyl (C=O) groups excluding carboxylic acids is 1. The number of nitrogens with zero attached hydrogens (tertiary/aromatic N) is 6. The van der Waals surface area contributed by atoms with Crippen LogP contribution >= 0.6 is 0 Å². The molecule has 35 heavy (non-hydrogen) atoms. The highest BCUT2D eigenvalue weighted by molar-refractivity contribution is 5.78. The van der Waals surface area contributed by atoms with Crippen molar-refractivity contribution in [3.8, 4) is 6.01 Å². The molecule has 0 spiro atoms. The maximum absolute atomic E-state index is 14.5. The zero-order chi connectivity index (χ0) is 25.5. The zero-order valence-corrected chi connectivity index (χ0v) is 21.5. The van der Waals surface area contributed by atoms with E-state index in [1.54, 1.807) is 7.11 Å². The van der Waals surface area contributed by atoms with Crippen molar-refractivity contribution < 1.29 is 18.7 Å². The minimum Gasteiger partial charge on any atom is -0.461 e. The Bertz CT molecular complexity index is 1090. The number of amides is 2. The number of fused-ring (bicyclic) bond motifs is 1. The van der Waals surface area contributed by atoms with E-state index in [2.05, 4.69) is 58.2 Å².